The molecule has 5 aromatic carbocycles. The maximum atomic E-state index is 4.63. The number of benzene rings is 5. The van der Waals surface area contributed by atoms with Gasteiger partial charge in [0, 0.05) is 70.5 Å². The molecule has 0 N–H and O–H groups in total. The molecule has 76 heavy (non-hydrogen) atoms. The Morgan fingerprint density at radius 3 is 0.908 bits per heavy atom. The van der Waals surface area contributed by atoms with Gasteiger partial charge in [0.2, 0.25) is 0 Å². The first-order chi connectivity index (χ1) is 37.3. The highest BCUT2D eigenvalue weighted by atomic mass is 14.8. The lowest BCUT2D eigenvalue weighted by atomic mass is 10.0. The molecular weight excluding hydrogens is 927 g/mol. The van der Waals surface area contributed by atoms with Gasteiger partial charge < -0.3 is 0 Å². The van der Waals surface area contributed by atoms with Crippen molar-refractivity contribution in [2.45, 2.75) is 27.7 Å². The third-order valence-corrected chi connectivity index (χ3v) is 12.2. The predicted molar refractivity (Wildman–Crippen MR) is 313 cm³/mol. The van der Waals surface area contributed by atoms with Crippen molar-refractivity contribution >= 4 is 0 Å². The van der Waals surface area contributed by atoms with Crippen molar-refractivity contribution in [3.8, 4) is 89.7 Å². The zero-order chi connectivity index (χ0) is 52.3. The topological polar surface area (TPSA) is 90.2 Å². The van der Waals surface area contributed by atoms with E-state index in [9.17, 15) is 0 Å². The predicted octanol–water partition coefficient (Wildman–Crippen LogP) is 17.1. The third-order valence-electron chi connectivity index (χ3n) is 12.2. The van der Waals surface area contributed by atoms with Crippen molar-refractivity contribution < 1.29 is 0 Å². The van der Waals surface area contributed by atoms with Gasteiger partial charge >= 0.3 is 0 Å². The van der Waals surface area contributed by atoms with E-state index >= 15 is 0 Å². The fraction of sp³-hybridized carbons (Fsp3) is 0.0580. The molecule has 0 aliphatic carbocycles. The summed E-state index contributed by atoms with van der Waals surface area (Å²) >= 11 is 0. The average molecular weight is 984 g/mol. The minimum Gasteiger partial charge on any atom is -0.265 e. The molecule has 0 saturated carbocycles. The molecule has 0 radical (unpaired) electrons. The summed E-state index contributed by atoms with van der Waals surface area (Å²) in [6.45, 7) is 8.10. The summed E-state index contributed by atoms with van der Waals surface area (Å²) in [4.78, 5) is 30.9. The Hall–Kier alpha value is -9.85. The first kappa shape index (κ1) is 51.1. The Morgan fingerprint density at radius 2 is 0.539 bits per heavy atom. The van der Waals surface area contributed by atoms with E-state index < -0.39 is 0 Å². The monoisotopic (exact) mass is 983 g/mol. The second-order valence-electron chi connectivity index (χ2n) is 18.1. The maximum Gasteiger partial charge on any atom is 0.0895 e. The van der Waals surface area contributed by atoms with Crippen molar-refractivity contribution in [2.75, 3.05) is 0 Å². The van der Waals surface area contributed by atoms with Crippen LogP contribution in [-0.4, -0.2) is 34.9 Å². The summed E-state index contributed by atoms with van der Waals surface area (Å²) in [5.41, 5.74) is 21.8. The largest absolute Gasteiger partial charge is 0.265 e. The lowest BCUT2D eigenvalue weighted by molar-refractivity contribution is 1.18. The van der Waals surface area contributed by atoms with E-state index in [2.05, 4.69) is 180 Å². The first-order valence-electron chi connectivity index (χ1n) is 25.3. The van der Waals surface area contributed by atoms with Gasteiger partial charge in [0.05, 0.1) is 28.5 Å². The van der Waals surface area contributed by atoms with Gasteiger partial charge in [-0.1, -0.05) is 158 Å². The van der Waals surface area contributed by atoms with Crippen LogP contribution in [0.25, 0.3) is 89.7 Å². The van der Waals surface area contributed by atoms with Crippen LogP contribution in [0.5, 0.6) is 0 Å². The quantitative estimate of drug-likeness (QED) is 0.150. The minimum atomic E-state index is 0.906. The van der Waals surface area contributed by atoms with Crippen molar-refractivity contribution in [3.05, 3.63) is 296 Å². The Morgan fingerprint density at radius 1 is 0.211 bits per heavy atom. The van der Waals surface area contributed by atoms with Gasteiger partial charge in [0.15, 0.2) is 0 Å². The Balaban J connectivity index is 0.000000124. The Labute approximate surface area is 446 Å². The number of hydrogen-bond donors (Lipinski definition) is 0. The first-order valence-corrected chi connectivity index (χ1v) is 25.3. The molecule has 0 atom stereocenters. The molecule has 7 heteroatoms. The lowest BCUT2D eigenvalue weighted by Crippen LogP contribution is -1.91. The Kier molecular flexibility index (Phi) is 17.3. The van der Waals surface area contributed by atoms with Crippen LogP contribution in [0, 0.1) is 27.7 Å². The minimum absolute atomic E-state index is 0.906. The van der Waals surface area contributed by atoms with E-state index in [0.29, 0.717) is 0 Å². The van der Waals surface area contributed by atoms with E-state index in [4.69, 9.17) is 0 Å². The smallest absolute Gasteiger partial charge is 0.0895 e. The van der Waals surface area contributed by atoms with Gasteiger partial charge in [-0.25, -0.2) is 0 Å². The molecule has 7 aromatic heterocycles. The highest BCUT2D eigenvalue weighted by Gasteiger charge is 2.09. The summed E-state index contributed by atoms with van der Waals surface area (Å²) in [5, 5.41) is 0. The molecule has 0 aliphatic rings. The molecule has 0 aliphatic heterocycles. The van der Waals surface area contributed by atoms with Crippen LogP contribution in [0.15, 0.2) is 274 Å². The van der Waals surface area contributed by atoms with Crippen LogP contribution in [0.1, 0.15) is 22.8 Å². The second kappa shape index (κ2) is 25.7. The van der Waals surface area contributed by atoms with Gasteiger partial charge in [0.25, 0.3) is 0 Å². The molecule has 7 nitrogen and oxygen atoms in total. The molecule has 12 rings (SSSR count). The molecule has 0 bridgehead atoms. The summed E-state index contributed by atoms with van der Waals surface area (Å²) in [5.74, 6) is 0. The third kappa shape index (κ3) is 14.2. The maximum absolute atomic E-state index is 4.63. The van der Waals surface area contributed by atoms with Crippen LogP contribution in [0.4, 0.5) is 0 Å². The summed E-state index contributed by atoms with van der Waals surface area (Å²) in [6, 6.07) is 82.5. The number of hydrogen-bond acceptors (Lipinski definition) is 7. The molecule has 0 spiro atoms. The van der Waals surface area contributed by atoms with Gasteiger partial charge in [-0.15, -0.1) is 0 Å². The van der Waals surface area contributed by atoms with Crippen molar-refractivity contribution in [1.82, 2.24) is 34.9 Å². The summed E-state index contributed by atoms with van der Waals surface area (Å²) in [6.07, 6.45) is 9.00. The van der Waals surface area contributed by atoms with Gasteiger partial charge in [-0.3, -0.25) is 34.9 Å². The fourth-order valence-electron chi connectivity index (χ4n) is 8.60. The molecule has 368 valence electrons. The Bertz CT molecular complexity index is 2970. The van der Waals surface area contributed by atoms with E-state index in [1.807, 2.05) is 131 Å². The normalized spacial score (nSPS) is 10.4. The van der Waals surface area contributed by atoms with Gasteiger partial charge in [0.1, 0.15) is 0 Å². The zero-order valence-corrected chi connectivity index (χ0v) is 43.1. The van der Waals surface area contributed by atoms with Crippen LogP contribution >= 0.6 is 0 Å². The molecule has 7 heterocycles. The van der Waals surface area contributed by atoms with Gasteiger partial charge in [-0.05, 0) is 157 Å². The number of rotatable bonds is 8. The van der Waals surface area contributed by atoms with Crippen molar-refractivity contribution in [1.29, 1.82) is 0 Å². The number of nitrogens with zero attached hydrogens (tertiary/aromatic N) is 7. The van der Waals surface area contributed by atoms with E-state index in [-0.39, 0.29) is 0 Å². The summed E-state index contributed by atoms with van der Waals surface area (Å²) < 4.78 is 0. The van der Waals surface area contributed by atoms with Crippen molar-refractivity contribution in [2.24, 2.45) is 0 Å². The number of aryl methyl sites for hydroxylation is 4. The van der Waals surface area contributed by atoms with E-state index in [1.54, 1.807) is 24.8 Å². The number of aromatic nitrogens is 7. The van der Waals surface area contributed by atoms with E-state index in [1.165, 1.54) is 44.5 Å². The van der Waals surface area contributed by atoms with Crippen LogP contribution in [-0.2, 0) is 0 Å². The van der Waals surface area contributed by atoms with Crippen LogP contribution < -0.4 is 0 Å². The SMILES string of the molecule is Cc1cc(-c2ccccc2)cc(-c2ccccc2)n1.Cc1cc(-c2ccccc2)cc(-c2ccccn2)n1.Cc1cc(-c2ccccc2)cc(-c2cccnc2)n1.Cc1cc(-c2ccccc2)cc(-c2ccncc2)n1. The molecule has 12 aromatic rings. The molecule has 0 saturated heterocycles. The highest BCUT2D eigenvalue weighted by Crippen LogP contribution is 2.29. The standard InChI is InChI=1S/C18H15N.3C17H14N2/c1-14-12-17(15-8-4-2-5-9-15)13-18(19-14)16-10-6-3-7-11-16;1-13-11-15(14-7-3-2-4-8-14)12-17(19-13)16-9-5-6-10-18-16;1-13-10-16(14-6-3-2-4-7-14)11-17(19-13)15-8-5-9-18-12-15;1-13-11-16(14-5-3-2-4-6-14)12-17(19-13)15-7-9-18-10-8-15/h2-13H,1H3;3*2-12H,1H3. The van der Waals surface area contributed by atoms with Gasteiger partial charge in [-0.2, -0.15) is 0 Å². The van der Waals surface area contributed by atoms with Crippen LogP contribution in [0.2, 0.25) is 0 Å². The summed E-state index contributed by atoms with van der Waals surface area (Å²) in [7, 11) is 0. The van der Waals surface area contributed by atoms with E-state index in [0.717, 1.165) is 67.9 Å². The number of pyridine rings is 7. The lowest BCUT2D eigenvalue weighted by Gasteiger charge is -2.07. The zero-order valence-electron chi connectivity index (χ0n) is 43.1. The molecule has 0 amide bonds. The van der Waals surface area contributed by atoms with Crippen LogP contribution in [0.3, 0.4) is 0 Å². The molecule has 0 unspecified atom stereocenters. The highest BCUT2D eigenvalue weighted by molar-refractivity contribution is 5.74. The fourth-order valence-corrected chi connectivity index (χ4v) is 8.60. The second-order valence-corrected chi connectivity index (χ2v) is 18.1. The molecule has 0 fully saturated rings. The average Bonchev–Trinajstić information content (AvgIpc) is 3.49. The molecular formula is C69H57N7. The van der Waals surface area contributed by atoms with Crippen molar-refractivity contribution in [3.63, 3.8) is 0 Å².